The summed E-state index contributed by atoms with van der Waals surface area (Å²) >= 11 is 0. The summed E-state index contributed by atoms with van der Waals surface area (Å²) in [7, 11) is 0. The summed E-state index contributed by atoms with van der Waals surface area (Å²) in [5.41, 5.74) is 2.21. The molecule has 124 valence electrons. The SMILES string of the molecule is C=C(CC)CCCCCCCCc1cccc(C(C)(C)F)c1. The minimum atomic E-state index is -1.24. The van der Waals surface area contributed by atoms with Crippen LogP contribution in [0, 0.1) is 0 Å². The van der Waals surface area contributed by atoms with Crippen molar-refractivity contribution in [2.24, 2.45) is 0 Å². The van der Waals surface area contributed by atoms with Gasteiger partial charge in [-0.2, -0.15) is 0 Å². The summed E-state index contributed by atoms with van der Waals surface area (Å²) < 4.78 is 13.9. The molecule has 0 radical (unpaired) electrons. The lowest BCUT2D eigenvalue weighted by atomic mass is 9.96. The van der Waals surface area contributed by atoms with Crippen molar-refractivity contribution < 1.29 is 4.39 Å². The van der Waals surface area contributed by atoms with Crippen LogP contribution in [0.15, 0.2) is 36.4 Å². The maximum atomic E-state index is 13.9. The van der Waals surface area contributed by atoms with Crippen molar-refractivity contribution in [2.75, 3.05) is 0 Å². The lowest BCUT2D eigenvalue weighted by Crippen LogP contribution is -2.09. The molecule has 0 heterocycles. The molecule has 1 heteroatoms. The average Bonchev–Trinajstić information content (AvgIpc) is 2.49. The van der Waals surface area contributed by atoms with E-state index in [1.807, 2.05) is 18.2 Å². The summed E-state index contributed by atoms with van der Waals surface area (Å²) in [5, 5.41) is 0. The number of halogens is 1. The Labute approximate surface area is 136 Å². The number of benzene rings is 1. The third kappa shape index (κ3) is 7.77. The monoisotopic (exact) mass is 304 g/mol. The van der Waals surface area contributed by atoms with E-state index in [0.717, 1.165) is 18.4 Å². The van der Waals surface area contributed by atoms with Gasteiger partial charge in [0.15, 0.2) is 0 Å². The second-order valence-corrected chi connectivity index (χ2v) is 6.90. The summed E-state index contributed by atoms with van der Waals surface area (Å²) in [5.74, 6) is 0. The van der Waals surface area contributed by atoms with Crippen LogP contribution in [0.4, 0.5) is 4.39 Å². The van der Waals surface area contributed by atoms with E-state index in [4.69, 9.17) is 0 Å². The van der Waals surface area contributed by atoms with Gasteiger partial charge in [0.1, 0.15) is 5.67 Å². The van der Waals surface area contributed by atoms with Gasteiger partial charge in [0.2, 0.25) is 0 Å². The number of allylic oxidation sites excluding steroid dienone is 1. The highest BCUT2D eigenvalue weighted by molar-refractivity contribution is 5.27. The molecule has 0 amide bonds. The fourth-order valence-corrected chi connectivity index (χ4v) is 2.68. The number of hydrogen-bond acceptors (Lipinski definition) is 0. The van der Waals surface area contributed by atoms with Gasteiger partial charge in [0.05, 0.1) is 0 Å². The quantitative estimate of drug-likeness (QED) is 0.301. The van der Waals surface area contributed by atoms with Crippen molar-refractivity contribution >= 4 is 0 Å². The number of aryl methyl sites for hydroxylation is 1. The van der Waals surface area contributed by atoms with Crippen LogP contribution in [0.1, 0.15) is 83.3 Å². The van der Waals surface area contributed by atoms with Crippen molar-refractivity contribution in [3.8, 4) is 0 Å². The van der Waals surface area contributed by atoms with E-state index in [-0.39, 0.29) is 0 Å². The normalized spacial score (nSPS) is 11.6. The number of hydrogen-bond donors (Lipinski definition) is 0. The predicted octanol–water partition coefficient (Wildman–Crippen LogP) is 7.13. The first-order valence-electron chi connectivity index (χ1n) is 8.88. The Balaban J connectivity index is 2.14. The van der Waals surface area contributed by atoms with Crippen LogP contribution in [0.25, 0.3) is 0 Å². The molecule has 0 nitrogen and oxygen atoms in total. The molecule has 0 saturated carbocycles. The molecule has 0 spiro atoms. The maximum Gasteiger partial charge on any atom is 0.130 e. The summed E-state index contributed by atoms with van der Waals surface area (Å²) in [6.07, 6.45) is 11.1. The Morgan fingerprint density at radius 1 is 1.05 bits per heavy atom. The van der Waals surface area contributed by atoms with E-state index in [1.165, 1.54) is 56.1 Å². The van der Waals surface area contributed by atoms with Crippen LogP contribution in [0.3, 0.4) is 0 Å². The molecule has 0 N–H and O–H groups in total. The predicted molar refractivity (Wildman–Crippen MR) is 96.0 cm³/mol. The van der Waals surface area contributed by atoms with Crippen molar-refractivity contribution in [2.45, 2.75) is 84.2 Å². The van der Waals surface area contributed by atoms with E-state index in [0.29, 0.717) is 0 Å². The second-order valence-electron chi connectivity index (χ2n) is 6.90. The van der Waals surface area contributed by atoms with E-state index in [2.05, 4.69) is 19.6 Å². The van der Waals surface area contributed by atoms with Gasteiger partial charge in [0, 0.05) is 0 Å². The third-order valence-corrected chi connectivity index (χ3v) is 4.36. The first-order chi connectivity index (χ1) is 10.4. The Hall–Kier alpha value is -1.11. The summed E-state index contributed by atoms with van der Waals surface area (Å²) in [6.45, 7) is 9.48. The van der Waals surface area contributed by atoms with E-state index >= 15 is 0 Å². The van der Waals surface area contributed by atoms with E-state index in [9.17, 15) is 4.39 Å². The molecule has 0 aliphatic rings. The molecule has 0 fully saturated rings. The molecule has 1 aromatic carbocycles. The van der Waals surface area contributed by atoms with Gasteiger partial charge in [-0.05, 0) is 57.1 Å². The van der Waals surface area contributed by atoms with Crippen molar-refractivity contribution in [1.29, 1.82) is 0 Å². The summed E-state index contributed by atoms with van der Waals surface area (Å²) in [4.78, 5) is 0. The molecule has 0 saturated heterocycles. The van der Waals surface area contributed by atoms with Crippen molar-refractivity contribution in [1.82, 2.24) is 0 Å². The third-order valence-electron chi connectivity index (χ3n) is 4.36. The van der Waals surface area contributed by atoms with E-state index < -0.39 is 5.67 Å². The van der Waals surface area contributed by atoms with Crippen LogP contribution in [0.5, 0.6) is 0 Å². The molecule has 22 heavy (non-hydrogen) atoms. The molecule has 0 atom stereocenters. The topological polar surface area (TPSA) is 0 Å². The fourth-order valence-electron chi connectivity index (χ4n) is 2.68. The highest BCUT2D eigenvalue weighted by atomic mass is 19.1. The largest absolute Gasteiger partial charge is 0.239 e. The van der Waals surface area contributed by atoms with E-state index in [1.54, 1.807) is 13.8 Å². The smallest absolute Gasteiger partial charge is 0.130 e. The molecule has 0 aliphatic heterocycles. The fraction of sp³-hybridized carbons (Fsp3) is 0.619. The number of unbranched alkanes of at least 4 members (excludes halogenated alkanes) is 5. The molecule has 0 aliphatic carbocycles. The zero-order valence-corrected chi connectivity index (χ0v) is 14.8. The first-order valence-corrected chi connectivity index (χ1v) is 8.88. The van der Waals surface area contributed by atoms with Crippen LogP contribution in [-0.2, 0) is 12.1 Å². The number of rotatable bonds is 11. The van der Waals surface area contributed by atoms with Crippen LogP contribution >= 0.6 is 0 Å². The van der Waals surface area contributed by atoms with Crippen LogP contribution in [-0.4, -0.2) is 0 Å². The van der Waals surface area contributed by atoms with Gasteiger partial charge in [-0.25, -0.2) is 4.39 Å². The Morgan fingerprint density at radius 2 is 1.68 bits per heavy atom. The van der Waals surface area contributed by atoms with Crippen LogP contribution in [0.2, 0.25) is 0 Å². The highest BCUT2D eigenvalue weighted by Crippen LogP contribution is 2.25. The first kappa shape index (κ1) is 18.9. The minimum Gasteiger partial charge on any atom is -0.239 e. The molecule has 0 unspecified atom stereocenters. The van der Waals surface area contributed by atoms with Gasteiger partial charge < -0.3 is 0 Å². The van der Waals surface area contributed by atoms with Gasteiger partial charge in [-0.3, -0.25) is 0 Å². The Kier molecular flexibility index (Phi) is 8.45. The van der Waals surface area contributed by atoms with Gasteiger partial charge in [0.25, 0.3) is 0 Å². The summed E-state index contributed by atoms with van der Waals surface area (Å²) in [6, 6.07) is 8.00. The Bertz CT molecular complexity index is 439. The van der Waals surface area contributed by atoms with Crippen molar-refractivity contribution in [3.05, 3.63) is 47.5 Å². The van der Waals surface area contributed by atoms with Crippen molar-refractivity contribution in [3.63, 3.8) is 0 Å². The molecule has 0 bridgehead atoms. The minimum absolute atomic E-state index is 0.793. The maximum absolute atomic E-state index is 13.9. The molecule has 0 aromatic heterocycles. The Morgan fingerprint density at radius 3 is 2.32 bits per heavy atom. The lowest BCUT2D eigenvalue weighted by molar-refractivity contribution is 0.221. The molecule has 1 rings (SSSR count). The van der Waals surface area contributed by atoms with Gasteiger partial charge in [-0.1, -0.05) is 69.0 Å². The number of alkyl halides is 1. The highest BCUT2D eigenvalue weighted by Gasteiger charge is 2.18. The second kappa shape index (κ2) is 9.82. The zero-order chi connectivity index (χ0) is 16.4. The van der Waals surface area contributed by atoms with Crippen LogP contribution < -0.4 is 0 Å². The van der Waals surface area contributed by atoms with Gasteiger partial charge in [-0.15, -0.1) is 0 Å². The standard InChI is InChI=1S/C21H33F/c1-5-18(2)13-10-8-6-7-9-11-14-19-15-12-16-20(17-19)21(3,4)22/h12,15-17H,2,5-11,13-14H2,1,3-4H3. The zero-order valence-electron chi connectivity index (χ0n) is 14.8. The van der Waals surface area contributed by atoms with Gasteiger partial charge >= 0.3 is 0 Å². The molecular formula is C21H33F. The lowest BCUT2D eigenvalue weighted by Gasteiger charge is -2.15. The molecule has 1 aromatic rings. The average molecular weight is 304 g/mol. The molecular weight excluding hydrogens is 271 g/mol.